The molecule has 28 heavy (non-hydrogen) atoms. The third kappa shape index (κ3) is 3.34. The Morgan fingerprint density at radius 3 is 2.64 bits per heavy atom. The number of thiophene rings is 1. The zero-order chi connectivity index (χ0) is 19.7. The summed E-state index contributed by atoms with van der Waals surface area (Å²) < 4.78 is 7.19. The number of terminal acetylenes is 1. The van der Waals surface area contributed by atoms with E-state index in [0.717, 1.165) is 30.6 Å². The Morgan fingerprint density at radius 2 is 1.89 bits per heavy atom. The van der Waals surface area contributed by atoms with Crippen molar-refractivity contribution < 1.29 is 9.53 Å². The lowest BCUT2D eigenvalue weighted by molar-refractivity contribution is -0.00788. The van der Waals surface area contributed by atoms with Crippen molar-refractivity contribution in [2.45, 2.75) is 45.1 Å². The molecular weight excluding hydrogens is 364 g/mol. The summed E-state index contributed by atoms with van der Waals surface area (Å²) in [6, 6.07) is 18.5. The first kappa shape index (κ1) is 18.8. The van der Waals surface area contributed by atoms with Crippen LogP contribution < -0.4 is 0 Å². The number of esters is 1. The molecule has 0 aliphatic heterocycles. The van der Waals surface area contributed by atoms with Crippen LogP contribution in [0.3, 0.4) is 0 Å². The number of fused-ring (bicyclic) bond motifs is 1. The van der Waals surface area contributed by atoms with Crippen LogP contribution in [0.1, 0.15) is 47.8 Å². The lowest BCUT2D eigenvalue weighted by Gasteiger charge is -2.30. The lowest BCUT2D eigenvalue weighted by Crippen LogP contribution is -2.37. The summed E-state index contributed by atoms with van der Waals surface area (Å²) in [7, 11) is -0.151. The van der Waals surface area contributed by atoms with Crippen LogP contribution in [0.4, 0.5) is 0 Å². The summed E-state index contributed by atoms with van der Waals surface area (Å²) in [5, 5.41) is 1.26. The molecule has 0 N–H and O–H groups in total. The standard InChI is InChI=1S/C25H25O2S/c1-4-25(3,21-12-6-7-13-21)27-24(26)20-11-9-14-22(17-20)28-18(2)16-19-10-5-8-15-23(19)28/h1,5,8-11,14-17,21H,6-7,12-13H2,2-3H3/q+1. The van der Waals surface area contributed by atoms with Gasteiger partial charge in [-0.2, -0.15) is 0 Å². The van der Waals surface area contributed by atoms with E-state index < -0.39 is 5.60 Å². The largest absolute Gasteiger partial charge is 0.442 e. The fraction of sp³-hybridized carbons (Fsp3) is 0.320. The van der Waals surface area contributed by atoms with Crippen LogP contribution in [0.25, 0.3) is 15.0 Å². The van der Waals surface area contributed by atoms with E-state index in [2.05, 4.69) is 49.2 Å². The van der Waals surface area contributed by atoms with Crippen LogP contribution in [-0.4, -0.2) is 11.6 Å². The molecule has 0 radical (unpaired) electrons. The Hall–Kier alpha value is -2.57. The van der Waals surface area contributed by atoms with E-state index in [4.69, 9.17) is 11.2 Å². The van der Waals surface area contributed by atoms with Gasteiger partial charge >= 0.3 is 5.97 Å². The molecule has 3 aromatic rings. The third-order valence-electron chi connectivity index (χ3n) is 5.85. The zero-order valence-corrected chi connectivity index (χ0v) is 17.2. The number of carbonyl (C=O) groups excluding carboxylic acids is 1. The maximum absolute atomic E-state index is 12.9. The minimum atomic E-state index is -0.832. The number of carbonyl (C=O) groups is 1. The Morgan fingerprint density at radius 1 is 1.14 bits per heavy atom. The van der Waals surface area contributed by atoms with Crippen molar-refractivity contribution in [1.29, 1.82) is 0 Å². The molecule has 0 saturated heterocycles. The first-order chi connectivity index (χ1) is 13.5. The van der Waals surface area contributed by atoms with Gasteiger partial charge in [0.05, 0.1) is 5.56 Å². The van der Waals surface area contributed by atoms with E-state index >= 15 is 0 Å². The number of aryl methyl sites for hydroxylation is 1. The third-order valence-corrected chi connectivity index (χ3v) is 8.15. The molecular formula is C25H25O2S+. The van der Waals surface area contributed by atoms with Gasteiger partial charge in [0, 0.05) is 40.8 Å². The molecule has 0 bridgehead atoms. The van der Waals surface area contributed by atoms with Crippen molar-refractivity contribution in [2.24, 2.45) is 5.92 Å². The maximum Gasteiger partial charge on any atom is 0.339 e. The molecule has 0 amide bonds. The predicted molar refractivity (Wildman–Crippen MR) is 117 cm³/mol. The smallest absolute Gasteiger partial charge is 0.339 e. The second-order valence-electron chi connectivity index (χ2n) is 7.75. The molecule has 4 rings (SSSR count). The molecule has 2 aromatic carbocycles. The molecule has 1 heterocycles. The van der Waals surface area contributed by atoms with Crippen molar-refractivity contribution in [1.82, 2.24) is 0 Å². The first-order valence-corrected chi connectivity index (χ1v) is 11.1. The van der Waals surface area contributed by atoms with E-state index in [0.29, 0.717) is 5.56 Å². The van der Waals surface area contributed by atoms with E-state index in [1.807, 2.05) is 25.1 Å². The molecule has 2 unspecified atom stereocenters. The van der Waals surface area contributed by atoms with Crippen LogP contribution >= 0.6 is 10.5 Å². The van der Waals surface area contributed by atoms with Gasteiger partial charge < -0.3 is 4.74 Å². The minimum Gasteiger partial charge on any atom is -0.442 e. The van der Waals surface area contributed by atoms with Gasteiger partial charge in [0.25, 0.3) is 0 Å². The normalized spacial score (nSPS) is 17.2. The monoisotopic (exact) mass is 389 g/mol. The van der Waals surface area contributed by atoms with Gasteiger partial charge in [0.15, 0.2) is 20.1 Å². The van der Waals surface area contributed by atoms with Gasteiger partial charge in [-0.3, -0.25) is 0 Å². The zero-order valence-electron chi connectivity index (χ0n) is 16.4. The van der Waals surface area contributed by atoms with Gasteiger partial charge in [-0.25, -0.2) is 4.79 Å². The Kier molecular flexibility index (Phi) is 5.00. The average Bonchev–Trinajstić information content (AvgIpc) is 3.35. The van der Waals surface area contributed by atoms with Gasteiger partial charge in [-0.15, -0.1) is 6.42 Å². The molecule has 1 aromatic heterocycles. The molecule has 1 fully saturated rings. The van der Waals surface area contributed by atoms with Gasteiger partial charge in [0.1, 0.15) is 0 Å². The molecule has 1 saturated carbocycles. The van der Waals surface area contributed by atoms with E-state index in [1.165, 1.54) is 15.0 Å². The quantitative estimate of drug-likeness (QED) is 0.284. The van der Waals surface area contributed by atoms with Crippen LogP contribution in [0.2, 0.25) is 0 Å². The van der Waals surface area contributed by atoms with Gasteiger partial charge in [-0.05, 0) is 44.0 Å². The fourth-order valence-electron chi connectivity index (χ4n) is 4.26. The highest BCUT2D eigenvalue weighted by atomic mass is 32.2. The highest BCUT2D eigenvalue weighted by Crippen LogP contribution is 2.43. The topological polar surface area (TPSA) is 26.3 Å². The number of hydrogen-bond acceptors (Lipinski definition) is 2. The Balaban J connectivity index is 1.66. The number of benzene rings is 2. The number of hydrogen-bond donors (Lipinski definition) is 0. The summed E-state index contributed by atoms with van der Waals surface area (Å²) in [6.07, 6.45) is 10.1. The van der Waals surface area contributed by atoms with E-state index in [1.54, 1.807) is 0 Å². The molecule has 2 atom stereocenters. The van der Waals surface area contributed by atoms with E-state index in [9.17, 15) is 4.79 Å². The summed E-state index contributed by atoms with van der Waals surface area (Å²) in [4.78, 5) is 15.4. The second kappa shape index (κ2) is 7.45. The summed E-state index contributed by atoms with van der Waals surface area (Å²) >= 11 is 0. The molecule has 0 spiro atoms. The van der Waals surface area contributed by atoms with Crippen molar-refractivity contribution >= 4 is 26.5 Å². The van der Waals surface area contributed by atoms with Crippen molar-refractivity contribution in [3.05, 3.63) is 65.0 Å². The first-order valence-electron chi connectivity index (χ1n) is 9.84. The average molecular weight is 390 g/mol. The van der Waals surface area contributed by atoms with Crippen molar-refractivity contribution in [2.75, 3.05) is 0 Å². The summed E-state index contributed by atoms with van der Waals surface area (Å²) in [6.45, 7) is 4.04. The highest BCUT2D eigenvalue weighted by Gasteiger charge is 2.38. The molecule has 3 heteroatoms. The minimum absolute atomic E-state index is 0.151. The SMILES string of the molecule is C#CC(C)(OC(=O)c1cccc(-[s+]2c(C)cc3ccccc32)c1)C1CCCC1. The molecule has 1 aliphatic carbocycles. The molecule has 2 nitrogen and oxygen atoms in total. The molecule has 142 valence electrons. The second-order valence-corrected chi connectivity index (χ2v) is 9.92. The highest BCUT2D eigenvalue weighted by molar-refractivity contribution is 7.45. The van der Waals surface area contributed by atoms with E-state index in [-0.39, 0.29) is 22.4 Å². The van der Waals surface area contributed by atoms with Gasteiger partial charge in [-0.1, -0.05) is 37.0 Å². The van der Waals surface area contributed by atoms with Crippen LogP contribution in [-0.2, 0) is 4.74 Å². The summed E-state index contributed by atoms with van der Waals surface area (Å²) in [5.41, 5.74) is -0.261. The molecule has 1 aliphatic rings. The van der Waals surface area contributed by atoms with Crippen molar-refractivity contribution in [3.8, 4) is 17.2 Å². The van der Waals surface area contributed by atoms with Crippen LogP contribution in [0, 0.1) is 25.2 Å². The Labute approximate surface area is 169 Å². The Bertz CT molecular complexity index is 1070. The number of rotatable bonds is 4. The van der Waals surface area contributed by atoms with Crippen molar-refractivity contribution in [3.63, 3.8) is 0 Å². The van der Waals surface area contributed by atoms with Crippen LogP contribution in [0.5, 0.6) is 0 Å². The van der Waals surface area contributed by atoms with Crippen LogP contribution in [0.15, 0.2) is 54.6 Å². The van der Waals surface area contributed by atoms with Gasteiger partial charge in [0.2, 0.25) is 0 Å². The lowest BCUT2D eigenvalue weighted by atomic mass is 9.88. The summed E-state index contributed by atoms with van der Waals surface area (Å²) in [5.74, 6) is 2.68. The maximum atomic E-state index is 12.9. The predicted octanol–water partition coefficient (Wildman–Crippen LogP) is 6.63. The fourth-order valence-corrected chi connectivity index (χ4v) is 6.51. The number of ether oxygens (including phenoxy) is 1.